The molecule has 2 N–H and O–H groups in total. The first-order chi connectivity index (χ1) is 12.5. The molecule has 0 saturated carbocycles. The van der Waals surface area contributed by atoms with Crippen LogP contribution in [0.3, 0.4) is 0 Å². The number of carbonyl (C=O) groups excluding carboxylic acids is 2. The first-order valence-corrected chi connectivity index (χ1v) is 9.33. The summed E-state index contributed by atoms with van der Waals surface area (Å²) in [6.45, 7) is 3.97. The highest BCUT2D eigenvalue weighted by molar-refractivity contribution is 7.17. The Morgan fingerprint density at radius 1 is 1.12 bits per heavy atom. The molecule has 7 nitrogen and oxygen atoms in total. The third-order valence-corrected chi connectivity index (χ3v) is 5.35. The molecule has 2 aromatic rings. The van der Waals surface area contributed by atoms with Gasteiger partial charge in [-0.25, -0.2) is 4.98 Å². The number of methoxy groups -OCH3 is 1. The molecule has 0 bridgehead atoms. The van der Waals surface area contributed by atoms with E-state index in [-0.39, 0.29) is 11.8 Å². The van der Waals surface area contributed by atoms with E-state index in [9.17, 15) is 9.59 Å². The lowest BCUT2D eigenvalue weighted by atomic mass is 10.1. The average Bonchev–Trinajstić information content (AvgIpc) is 3.08. The molecule has 3 rings (SSSR count). The van der Waals surface area contributed by atoms with Gasteiger partial charge < -0.3 is 20.3 Å². The second kappa shape index (κ2) is 7.74. The summed E-state index contributed by atoms with van der Waals surface area (Å²) in [5.41, 5.74) is 7.11. The summed E-state index contributed by atoms with van der Waals surface area (Å²) in [7, 11) is 1.59. The van der Waals surface area contributed by atoms with Gasteiger partial charge in [0.15, 0.2) is 5.13 Å². The van der Waals surface area contributed by atoms with E-state index in [1.54, 1.807) is 41.2 Å². The molecule has 138 valence electrons. The number of thiazole rings is 1. The summed E-state index contributed by atoms with van der Waals surface area (Å²) in [4.78, 5) is 33.7. The van der Waals surface area contributed by atoms with Gasteiger partial charge in [-0.3, -0.25) is 9.59 Å². The van der Waals surface area contributed by atoms with Crippen LogP contribution < -0.4 is 10.5 Å². The number of hydrogen-bond acceptors (Lipinski definition) is 6. The van der Waals surface area contributed by atoms with Crippen LogP contribution in [0.1, 0.15) is 32.6 Å². The van der Waals surface area contributed by atoms with Crippen molar-refractivity contribution in [3.63, 3.8) is 0 Å². The maximum absolute atomic E-state index is 12.7. The zero-order valence-electron chi connectivity index (χ0n) is 14.9. The maximum Gasteiger partial charge on any atom is 0.266 e. The zero-order valence-corrected chi connectivity index (χ0v) is 15.7. The lowest BCUT2D eigenvalue weighted by molar-refractivity contribution is 0.0537. The molecule has 2 heterocycles. The van der Waals surface area contributed by atoms with E-state index in [2.05, 4.69) is 4.98 Å². The van der Waals surface area contributed by atoms with E-state index in [0.29, 0.717) is 53.9 Å². The van der Waals surface area contributed by atoms with Crippen LogP contribution in [-0.2, 0) is 6.42 Å². The number of aryl methyl sites for hydroxylation is 1. The minimum Gasteiger partial charge on any atom is -0.497 e. The van der Waals surface area contributed by atoms with Crippen molar-refractivity contribution in [1.82, 2.24) is 14.8 Å². The molecule has 1 fully saturated rings. The normalized spacial score (nSPS) is 14.4. The number of nitrogens with zero attached hydrogens (tertiary/aromatic N) is 3. The monoisotopic (exact) mass is 374 g/mol. The number of rotatable bonds is 4. The van der Waals surface area contributed by atoms with Crippen LogP contribution in [0, 0.1) is 0 Å². The quantitative estimate of drug-likeness (QED) is 0.883. The van der Waals surface area contributed by atoms with Gasteiger partial charge in [0.25, 0.3) is 11.8 Å². The van der Waals surface area contributed by atoms with Gasteiger partial charge >= 0.3 is 0 Å². The van der Waals surface area contributed by atoms with E-state index in [4.69, 9.17) is 10.5 Å². The van der Waals surface area contributed by atoms with Crippen molar-refractivity contribution in [3.05, 3.63) is 40.4 Å². The number of amides is 2. The van der Waals surface area contributed by atoms with Gasteiger partial charge in [-0.15, -0.1) is 0 Å². The van der Waals surface area contributed by atoms with E-state index in [1.165, 1.54) is 11.3 Å². The third kappa shape index (κ3) is 3.65. The van der Waals surface area contributed by atoms with Crippen LogP contribution in [0.25, 0.3) is 0 Å². The molecule has 0 aliphatic carbocycles. The topological polar surface area (TPSA) is 88.8 Å². The minimum absolute atomic E-state index is 0.0315. The van der Waals surface area contributed by atoms with Gasteiger partial charge in [0.1, 0.15) is 10.6 Å². The SMILES string of the molecule is CCc1nc(N)sc1C(=O)N1CCN(C(=O)c2ccc(OC)cc2)CC1. The van der Waals surface area contributed by atoms with Crippen molar-refractivity contribution in [3.8, 4) is 5.75 Å². The van der Waals surface area contributed by atoms with E-state index >= 15 is 0 Å². The summed E-state index contributed by atoms with van der Waals surface area (Å²) in [6, 6.07) is 7.06. The fourth-order valence-electron chi connectivity index (χ4n) is 2.95. The molecule has 1 saturated heterocycles. The van der Waals surface area contributed by atoms with Gasteiger partial charge in [0.05, 0.1) is 12.8 Å². The van der Waals surface area contributed by atoms with Crippen LogP contribution in [0.15, 0.2) is 24.3 Å². The Hall–Kier alpha value is -2.61. The number of piperazine rings is 1. The average molecular weight is 374 g/mol. The molecular weight excluding hydrogens is 352 g/mol. The number of benzene rings is 1. The molecule has 1 aliphatic heterocycles. The molecule has 0 atom stereocenters. The molecule has 1 aromatic heterocycles. The van der Waals surface area contributed by atoms with Crippen molar-refractivity contribution >= 4 is 28.3 Å². The van der Waals surface area contributed by atoms with Crippen LogP contribution in [0.2, 0.25) is 0 Å². The Morgan fingerprint density at radius 2 is 1.69 bits per heavy atom. The molecular formula is C18H22N4O3S. The fraction of sp³-hybridized carbons (Fsp3) is 0.389. The van der Waals surface area contributed by atoms with Gasteiger partial charge in [-0.1, -0.05) is 18.3 Å². The number of aromatic nitrogens is 1. The van der Waals surface area contributed by atoms with E-state index < -0.39 is 0 Å². The van der Waals surface area contributed by atoms with Crippen LogP contribution >= 0.6 is 11.3 Å². The number of carbonyl (C=O) groups is 2. The van der Waals surface area contributed by atoms with Crippen molar-refractivity contribution < 1.29 is 14.3 Å². The lowest BCUT2D eigenvalue weighted by Crippen LogP contribution is -2.50. The van der Waals surface area contributed by atoms with Gasteiger partial charge in [0, 0.05) is 31.7 Å². The van der Waals surface area contributed by atoms with Gasteiger partial charge in [-0.05, 0) is 30.7 Å². The molecule has 1 aromatic carbocycles. The molecule has 1 aliphatic rings. The number of nitrogens with two attached hydrogens (primary N) is 1. The summed E-state index contributed by atoms with van der Waals surface area (Å²) in [5.74, 6) is 0.635. The largest absolute Gasteiger partial charge is 0.497 e. The predicted octanol–water partition coefficient (Wildman–Crippen LogP) is 1.89. The smallest absolute Gasteiger partial charge is 0.266 e. The molecule has 8 heteroatoms. The molecule has 0 spiro atoms. The number of anilines is 1. The second-order valence-corrected chi connectivity index (χ2v) is 7.03. The van der Waals surface area contributed by atoms with Crippen LogP contribution in [0.4, 0.5) is 5.13 Å². The Morgan fingerprint density at radius 3 is 2.23 bits per heavy atom. The number of ether oxygens (including phenoxy) is 1. The predicted molar refractivity (Wildman–Crippen MR) is 101 cm³/mol. The molecule has 0 radical (unpaired) electrons. The van der Waals surface area contributed by atoms with Crippen LogP contribution in [0.5, 0.6) is 5.75 Å². The number of hydrogen-bond donors (Lipinski definition) is 1. The summed E-state index contributed by atoms with van der Waals surface area (Å²) in [5, 5.41) is 0.415. The van der Waals surface area contributed by atoms with Crippen molar-refractivity contribution in [2.75, 3.05) is 39.0 Å². The van der Waals surface area contributed by atoms with Crippen molar-refractivity contribution in [2.45, 2.75) is 13.3 Å². The summed E-state index contributed by atoms with van der Waals surface area (Å²) < 4.78 is 5.12. The first-order valence-electron chi connectivity index (χ1n) is 8.51. The molecule has 0 unspecified atom stereocenters. The maximum atomic E-state index is 12.7. The summed E-state index contributed by atoms with van der Waals surface area (Å²) >= 11 is 1.23. The minimum atomic E-state index is -0.0485. The van der Waals surface area contributed by atoms with E-state index in [0.717, 1.165) is 5.69 Å². The first kappa shape index (κ1) is 18.2. The molecule has 26 heavy (non-hydrogen) atoms. The lowest BCUT2D eigenvalue weighted by Gasteiger charge is -2.34. The highest BCUT2D eigenvalue weighted by Crippen LogP contribution is 2.23. The fourth-order valence-corrected chi connectivity index (χ4v) is 3.84. The second-order valence-electron chi connectivity index (χ2n) is 5.99. The van der Waals surface area contributed by atoms with Crippen molar-refractivity contribution in [1.29, 1.82) is 0 Å². The highest BCUT2D eigenvalue weighted by atomic mass is 32.1. The zero-order chi connectivity index (χ0) is 18.7. The molecule has 2 amide bonds. The van der Waals surface area contributed by atoms with Crippen LogP contribution in [-0.4, -0.2) is 59.9 Å². The third-order valence-electron chi connectivity index (χ3n) is 4.43. The Kier molecular flexibility index (Phi) is 5.41. The standard InChI is InChI=1S/C18H22N4O3S/c1-3-14-15(26-18(19)20-14)17(24)22-10-8-21(9-11-22)16(23)12-4-6-13(25-2)7-5-12/h4-7H,3,8-11H2,1-2H3,(H2,19,20). The summed E-state index contributed by atoms with van der Waals surface area (Å²) in [6.07, 6.45) is 0.671. The Bertz CT molecular complexity index is 795. The number of nitrogen functional groups attached to an aromatic ring is 1. The van der Waals surface area contributed by atoms with Crippen molar-refractivity contribution in [2.24, 2.45) is 0 Å². The Labute approximate surface area is 156 Å². The van der Waals surface area contributed by atoms with Gasteiger partial charge in [-0.2, -0.15) is 0 Å². The van der Waals surface area contributed by atoms with Gasteiger partial charge in [0.2, 0.25) is 0 Å². The Balaban J connectivity index is 1.63. The van der Waals surface area contributed by atoms with E-state index in [1.807, 2.05) is 6.92 Å². The highest BCUT2D eigenvalue weighted by Gasteiger charge is 2.28.